The molecule has 1 aromatic carbocycles. The van der Waals surface area contributed by atoms with Crippen molar-refractivity contribution in [3.05, 3.63) is 39.7 Å². The van der Waals surface area contributed by atoms with Gasteiger partial charge in [0.15, 0.2) is 5.82 Å². The number of nitrogens with zero attached hydrogens (tertiary/aromatic N) is 2. The van der Waals surface area contributed by atoms with Crippen LogP contribution in [0.3, 0.4) is 0 Å². The van der Waals surface area contributed by atoms with E-state index in [1.807, 2.05) is 7.05 Å². The molecule has 0 aliphatic heterocycles. The number of anilines is 1. The van der Waals surface area contributed by atoms with Gasteiger partial charge in [0.1, 0.15) is 11.6 Å². The fourth-order valence-corrected chi connectivity index (χ4v) is 3.19. The minimum Gasteiger partial charge on any atom is -0.373 e. The Morgan fingerprint density at radius 1 is 1.14 bits per heavy atom. The molecule has 0 atom stereocenters. The monoisotopic (exact) mass is 349 g/mol. The number of hydrogen-bond acceptors (Lipinski definition) is 3. The molecule has 3 nitrogen and oxygen atoms in total. The van der Waals surface area contributed by atoms with Crippen LogP contribution in [-0.2, 0) is 12.8 Å². The van der Waals surface area contributed by atoms with Gasteiger partial charge in [-0.1, -0.05) is 22.4 Å². The van der Waals surface area contributed by atoms with Gasteiger partial charge in [-0.05, 0) is 43.9 Å². The van der Waals surface area contributed by atoms with E-state index in [0.717, 1.165) is 35.2 Å². The normalized spacial score (nSPS) is 14.4. The third kappa shape index (κ3) is 2.93. The van der Waals surface area contributed by atoms with Crippen LogP contribution in [0.4, 0.5) is 10.2 Å². The van der Waals surface area contributed by atoms with Gasteiger partial charge in [-0.15, -0.1) is 0 Å². The molecule has 110 valence electrons. The second-order valence-corrected chi connectivity index (χ2v) is 6.11. The van der Waals surface area contributed by atoms with Crippen molar-refractivity contribution in [3.8, 4) is 11.4 Å². The van der Waals surface area contributed by atoms with E-state index in [4.69, 9.17) is 4.98 Å². The third-order valence-electron chi connectivity index (χ3n) is 3.84. The standard InChI is InChI=1S/C16H17BrFN3/c1-19-15-11-5-3-2-4-6-14(11)20-16(21-15)12-9-10(18)7-8-13(12)17/h7-9H,2-6H2,1H3,(H,19,20,21). The Morgan fingerprint density at radius 3 is 2.76 bits per heavy atom. The van der Waals surface area contributed by atoms with Crippen LogP contribution < -0.4 is 5.32 Å². The van der Waals surface area contributed by atoms with Crippen molar-refractivity contribution in [1.29, 1.82) is 0 Å². The number of aryl methyl sites for hydroxylation is 1. The summed E-state index contributed by atoms with van der Waals surface area (Å²) in [6, 6.07) is 4.59. The largest absolute Gasteiger partial charge is 0.373 e. The van der Waals surface area contributed by atoms with Crippen LogP contribution in [0.2, 0.25) is 0 Å². The van der Waals surface area contributed by atoms with Crippen LogP contribution in [0.5, 0.6) is 0 Å². The van der Waals surface area contributed by atoms with Crippen LogP contribution in [0.1, 0.15) is 30.5 Å². The molecule has 21 heavy (non-hydrogen) atoms. The highest BCUT2D eigenvalue weighted by Gasteiger charge is 2.18. The quantitative estimate of drug-likeness (QED) is 0.818. The van der Waals surface area contributed by atoms with E-state index < -0.39 is 0 Å². The minimum atomic E-state index is -0.280. The molecule has 1 aliphatic rings. The summed E-state index contributed by atoms with van der Waals surface area (Å²) in [6.45, 7) is 0. The molecule has 3 rings (SSSR count). The van der Waals surface area contributed by atoms with Gasteiger partial charge in [0.05, 0.1) is 0 Å². The zero-order valence-corrected chi connectivity index (χ0v) is 13.5. The molecular formula is C16H17BrFN3. The van der Waals surface area contributed by atoms with Crippen LogP contribution >= 0.6 is 15.9 Å². The van der Waals surface area contributed by atoms with Crippen molar-refractivity contribution in [2.24, 2.45) is 0 Å². The van der Waals surface area contributed by atoms with Gasteiger partial charge in [-0.25, -0.2) is 14.4 Å². The molecule has 0 saturated heterocycles. The van der Waals surface area contributed by atoms with Gasteiger partial charge in [-0.3, -0.25) is 0 Å². The number of rotatable bonds is 2. The van der Waals surface area contributed by atoms with E-state index in [0.29, 0.717) is 11.4 Å². The van der Waals surface area contributed by atoms with Gasteiger partial charge in [0.25, 0.3) is 0 Å². The third-order valence-corrected chi connectivity index (χ3v) is 4.53. The zero-order valence-electron chi connectivity index (χ0n) is 11.9. The highest BCUT2D eigenvalue weighted by molar-refractivity contribution is 9.10. The summed E-state index contributed by atoms with van der Waals surface area (Å²) in [4.78, 5) is 9.31. The summed E-state index contributed by atoms with van der Waals surface area (Å²) in [5.74, 6) is 1.16. The van der Waals surface area contributed by atoms with E-state index in [2.05, 4.69) is 26.2 Å². The molecule has 1 N–H and O–H groups in total. The first kappa shape index (κ1) is 14.4. The lowest BCUT2D eigenvalue weighted by Crippen LogP contribution is -2.07. The lowest BCUT2D eigenvalue weighted by Gasteiger charge is -2.13. The summed E-state index contributed by atoms with van der Waals surface area (Å²) in [6.07, 6.45) is 5.52. The Balaban J connectivity index is 2.15. The van der Waals surface area contributed by atoms with Gasteiger partial charge in [-0.2, -0.15) is 0 Å². The molecule has 0 unspecified atom stereocenters. The van der Waals surface area contributed by atoms with Gasteiger partial charge in [0.2, 0.25) is 0 Å². The van der Waals surface area contributed by atoms with Crippen molar-refractivity contribution in [3.63, 3.8) is 0 Å². The van der Waals surface area contributed by atoms with Gasteiger partial charge >= 0.3 is 0 Å². The minimum absolute atomic E-state index is 0.280. The molecule has 2 aromatic rings. The fourth-order valence-electron chi connectivity index (χ4n) is 2.77. The maximum atomic E-state index is 13.5. The molecule has 0 fully saturated rings. The predicted molar refractivity (Wildman–Crippen MR) is 85.9 cm³/mol. The number of halogens is 2. The lowest BCUT2D eigenvalue weighted by atomic mass is 10.1. The molecule has 0 radical (unpaired) electrons. The number of hydrogen-bond donors (Lipinski definition) is 1. The van der Waals surface area contributed by atoms with Crippen molar-refractivity contribution in [2.75, 3.05) is 12.4 Å². The molecule has 5 heteroatoms. The van der Waals surface area contributed by atoms with Gasteiger partial charge < -0.3 is 5.32 Å². The summed E-state index contributed by atoms with van der Waals surface area (Å²) in [5.41, 5.74) is 3.00. The van der Waals surface area contributed by atoms with Crippen LogP contribution in [0.25, 0.3) is 11.4 Å². The Labute approximate surface area is 132 Å². The summed E-state index contributed by atoms with van der Waals surface area (Å²) in [7, 11) is 1.87. The first-order valence-electron chi connectivity index (χ1n) is 7.22. The number of fused-ring (bicyclic) bond motifs is 1. The Bertz CT molecular complexity index is 673. The Morgan fingerprint density at radius 2 is 1.95 bits per heavy atom. The zero-order chi connectivity index (χ0) is 14.8. The van der Waals surface area contributed by atoms with Crippen LogP contribution in [0, 0.1) is 5.82 Å². The maximum Gasteiger partial charge on any atom is 0.163 e. The Hall–Kier alpha value is -1.49. The molecule has 1 aliphatic carbocycles. The smallest absolute Gasteiger partial charge is 0.163 e. The number of aromatic nitrogens is 2. The summed E-state index contributed by atoms with van der Waals surface area (Å²) >= 11 is 3.46. The Kier molecular flexibility index (Phi) is 4.19. The molecule has 0 bridgehead atoms. The first-order chi connectivity index (χ1) is 10.2. The fraction of sp³-hybridized carbons (Fsp3) is 0.375. The van der Waals surface area contributed by atoms with Crippen molar-refractivity contribution < 1.29 is 4.39 Å². The van der Waals surface area contributed by atoms with Crippen LogP contribution in [-0.4, -0.2) is 17.0 Å². The second kappa shape index (κ2) is 6.10. The molecule has 0 saturated carbocycles. The number of benzene rings is 1. The van der Waals surface area contributed by atoms with Crippen molar-refractivity contribution in [1.82, 2.24) is 9.97 Å². The highest BCUT2D eigenvalue weighted by Crippen LogP contribution is 2.31. The lowest BCUT2D eigenvalue weighted by molar-refractivity contribution is 0.628. The second-order valence-electron chi connectivity index (χ2n) is 5.26. The molecule has 0 amide bonds. The molecule has 1 heterocycles. The maximum absolute atomic E-state index is 13.5. The molecular weight excluding hydrogens is 333 g/mol. The van der Waals surface area contributed by atoms with Crippen LogP contribution in [0.15, 0.2) is 22.7 Å². The van der Waals surface area contributed by atoms with E-state index in [-0.39, 0.29) is 5.82 Å². The van der Waals surface area contributed by atoms with Crippen molar-refractivity contribution >= 4 is 21.7 Å². The van der Waals surface area contributed by atoms with E-state index >= 15 is 0 Å². The van der Waals surface area contributed by atoms with Crippen molar-refractivity contribution in [2.45, 2.75) is 32.1 Å². The van der Waals surface area contributed by atoms with Gasteiger partial charge in [0, 0.05) is 28.3 Å². The average Bonchev–Trinajstić information content (AvgIpc) is 2.74. The molecule has 0 spiro atoms. The predicted octanol–water partition coefficient (Wildman–Crippen LogP) is 4.36. The summed E-state index contributed by atoms with van der Waals surface area (Å²) in [5, 5.41) is 3.17. The topological polar surface area (TPSA) is 37.8 Å². The highest BCUT2D eigenvalue weighted by atomic mass is 79.9. The SMILES string of the molecule is CNc1nc(-c2cc(F)ccc2Br)nc2c1CCCCC2. The first-order valence-corrected chi connectivity index (χ1v) is 8.01. The van der Waals surface area contributed by atoms with E-state index in [1.54, 1.807) is 6.07 Å². The average molecular weight is 350 g/mol. The summed E-state index contributed by atoms with van der Waals surface area (Å²) < 4.78 is 14.3. The van der Waals surface area contributed by atoms with E-state index in [9.17, 15) is 4.39 Å². The number of nitrogens with one attached hydrogen (secondary N) is 1. The molecule has 1 aromatic heterocycles. The van der Waals surface area contributed by atoms with E-state index in [1.165, 1.54) is 30.5 Å².